The summed E-state index contributed by atoms with van der Waals surface area (Å²) in [4.78, 5) is 12.0. The van der Waals surface area contributed by atoms with Gasteiger partial charge in [-0.15, -0.1) is 0 Å². The number of thiocarbonyl (C=S) groups is 1. The van der Waals surface area contributed by atoms with Crippen molar-refractivity contribution >= 4 is 57.8 Å². The highest BCUT2D eigenvalue weighted by atomic mass is 35.5. The highest BCUT2D eigenvalue weighted by Crippen LogP contribution is 2.19. The maximum absolute atomic E-state index is 12.0. The summed E-state index contributed by atoms with van der Waals surface area (Å²) in [5.74, 6) is -0.396. The summed E-state index contributed by atoms with van der Waals surface area (Å²) in [6.07, 6.45) is 0. The summed E-state index contributed by atoms with van der Waals surface area (Å²) in [5.41, 5.74) is 7.28. The van der Waals surface area contributed by atoms with E-state index in [0.717, 1.165) is 5.69 Å². The van der Waals surface area contributed by atoms with Crippen molar-refractivity contribution in [2.75, 3.05) is 11.1 Å². The largest absolute Gasteiger partial charge is 0.399 e. The molecule has 0 aliphatic rings. The Morgan fingerprint density at radius 3 is 2.19 bits per heavy atom. The third kappa shape index (κ3) is 4.60. The molecule has 2 aromatic rings. The van der Waals surface area contributed by atoms with Crippen LogP contribution in [0.15, 0.2) is 42.5 Å². The molecule has 4 nitrogen and oxygen atoms in total. The Morgan fingerprint density at radius 1 is 1.05 bits per heavy atom. The van der Waals surface area contributed by atoms with Crippen LogP contribution in [0.4, 0.5) is 11.4 Å². The van der Waals surface area contributed by atoms with E-state index in [4.69, 9.17) is 41.2 Å². The number of rotatable bonds is 2. The second-order valence-electron chi connectivity index (χ2n) is 4.19. The molecule has 2 aromatic carbocycles. The Hall–Kier alpha value is -1.82. The minimum Gasteiger partial charge on any atom is -0.399 e. The van der Waals surface area contributed by atoms with Gasteiger partial charge in [0.05, 0.1) is 0 Å². The van der Waals surface area contributed by atoms with E-state index in [0.29, 0.717) is 21.3 Å². The number of nitrogens with two attached hydrogens (primary N) is 1. The predicted molar refractivity (Wildman–Crippen MR) is 91.0 cm³/mol. The maximum atomic E-state index is 12.0. The first-order valence-electron chi connectivity index (χ1n) is 5.88. The molecule has 1 amide bonds. The van der Waals surface area contributed by atoms with Crippen molar-refractivity contribution in [1.82, 2.24) is 5.32 Å². The van der Waals surface area contributed by atoms with Crippen molar-refractivity contribution in [2.45, 2.75) is 0 Å². The van der Waals surface area contributed by atoms with Gasteiger partial charge in [0.2, 0.25) is 0 Å². The Bertz CT molecular complexity index is 669. The number of nitrogens with one attached hydrogen (secondary N) is 2. The average molecular weight is 340 g/mol. The molecular formula is C14H11Cl2N3OS. The van der Waals surface area contributed by atoms with Gasteiger partial charge in [-0.2, -0.15) is 0 Å². The summed E-state index contributed by atoms with van der Waals surface area (Å²) >= 11 is 16.8. The van der Waals surface area contributed by atoms with Gasteiger partial charge in [-0.3, -0.25) is 10.1 Å². The Morgan fingerprint density at radius 2 is 1.62 bits per heavy atom. The number of benzene rings is 2. The molecule has 108 valence electrons. The average Bonchev–Trinajstić information content (AvgIpc) is 2.40. The molecule has 21 heavy (non-hydrogen) atoms. The predicted octanol–water partition coefficient (Wildman–Crippen LogP) is 3.70. The Kier molecular flexibility index (Phi) is 5.01. The van der Waals surface area contributed by atoms with Crippen LogP contribution in [-0.2, 0) is 0 Å². The summed E-state index contributed by atoms with van der Waals surface area (Å²) in [5, 5.41) is 6.35. The molecule has 0 radical (unpaired) electrons. The van der Waals surface area contributed by atoms with E-state index in [9.17, 15) is 4.79 Å². The summed E-state index contributed by atoms with van der Waals surface area (Å²) in [6, 6.07) is 11.5. The number of hydrogen-bond acceptors (Lipinski definition) is 3. The third-order valence-corrected chi connectivity index (χ3v) is 3.16. The van der Waals surface area contributed by atoms with Crippen LogP contribution >= 0.6 is 35.4 Å². The summed E-state index contributed by atoms with van der Waals surface area (Å²) in [6.45, 7) is 0. The normalized spacial score (nSPS) is 10.0. The zero-order valence-electron chi connectivity index (χ0n) is 10.7. The lowest BCUT2D eigenvalue weighted by molar-refractivity contribution is 0.0977. The number of amides is 1. The molecule has 0 aliphatic carbocycles. The Labute approximate surface area is 137 Å². The van der Waals surface area contributed by atoms with Gasteiger partial charge >= 0.3 is 0 Å². The molecule has 0 aliphatic heterocycles. The molecule has 4 N–H and O–H groups in total. The van der Waals surface area contributed by atoms with Crippen LogP contribution in [0.3, 0.4) is 0 Å². The number of carbonyl (C=O) groups excluding carboxylic acids is 1. The van der Waals surface area contributed by atoms with Crippen molar-refractivity contribution in [1.29, 1.82) is 0 Å². The van der Waals surface area contributed by atoms with Crippen LogP contribution in [-0.4, -0.2) is 11.0 Å². The van der Waals surface area contributed by atoms with Gasteiger partial charge in [0.25, 0.3) is 5.91 Å². The van der Waals surface area contributed by atoms with Gasteiger partial charge in [-0.05, 0) is 54.7 Å². The van der Waals surface area contributed by atoms with Gasteiger partial charge in [0.1, 0.15) is 0 Å². The van der Waals surface area contributed by atoms with Crippen molar-refractivity contribution in [3.63, 3.8) is 0 Å². The van der Waals surface area contributed by atoms with Crippen LogP contribution in [0.25, 0.3) is 0 Å². The zero-order valence-corrected chi connectivity index (χ0v) is 13.0. The first kappa shape index (κ1) is 15.6. The fraction of sp³-hybridized carbons (Fsp3) is 0. The number of anilines is 2. The van der Waals surface area contributed by atoms with E-state index < -0.39 is 5.91 Å². The number of nitrogen functional groups attached to an aromatic ring is 1. The molecule has 0 saturated heterocycles. The molecule has 0 atom stereocenters. The molecule has 0 unspecified atom stereocenters. The SMILES string of the molecule is Nc1ccc(NC(=S)NC(=O)c2cc(Cl)cc(Cl)c2)cc1. The van der Waals surface area contributed by atoms with Gasteiger partial charge < -0.3 is 11.1 Å². The van der Waals surface area contributed by atoms with Crippen molar-refractivity contribution < 1.29 is 4.79 Å². The molecule has 0 spiro atoms. The van der Waals surface area contributed by atoms with Gasteiger partial charge in [0, 0.05) is 27.0 Å². The first-order chi connectivity index (χ1) is 9.94. The van der Waals surface area contributed by atoms with Crippen LogP contribution in [0.5, 0.6) is 0 Å². The van der Waals surface area contributed by atoms with Gasteiger partial charge in [-0.25, -0.2) is 0 Å². The number of halogens is 2. The van der Waals surface area contributed by atoms with E-state index in [1.807, 2.05) is 0 Å². The molecule has 0 heterocycles. The number of hydrogen-bond donors (Lipinski definition) is 3. The lowest BCUT2D eigenvalue weighted by Gasteiger charge is -2.10. The molecule has 7 heteroatoms. The molecule has 0 bridgehead atoms. The monoisotopic (exact) mass is 339 g/mol. The van der Waals surface area contributed by atoms with Crippen LogP contribution in [0, 0.1) is 0 Å². The fourth-order valence-corrected chi connectivity index (χ4v) is 2.33. The lowest BCUT2D eigenvalue weighted by atomic mass is 10.2. The van der Waals surface area contributed by atoms with E-state index in [-0.39, 0.29) is 5.11 Å². The van der Waals surface area contributed by atoms with Gasteiger partial charge in [-0.1, -0.05) is 23.2 Å². The molecule has 0 saturated carbocycles. The first-order valence-corrected chi connectivity index (χ1v) is 7.04. The molecule has 2 rings (SSSR count). The quantitative estimate of drug-likeness (QED) is 0.576. The molecule has 0 fully saturated rings. The van der Waals surface area contributed by atoms with E-state index in [2.05, 4.69) is 10.6 Å². The highest BCUT2D eigenvalue weighted by Gasteiger charge is 2.10. The topological polar surface area (TPSA) is 67.2 Å². The van der Waals surface area contributed by atoms with E-state index >= 15 is 0 Å². The Balaban J connectivity index is 2.01. The van der Waals surface area contributed by atoms with Crippen molar-refractivity contribution in [2.24, 2.45) is 0 Å². The standard InChI is InChI=1S/C14H11Cl2N3OS/c15-9-5-8(6-10(16)7-9)13(20)19-14(21)18-12-3-1-11(17)2-4-12/h1-7H,17H2,(H2,18,19,20,21). The van der Waals surface area contributed by atoms with Crippen LogP contribution < -0.4 is 16.4 Å². The van der Waals surface area contributed by atoms with Crippen molar-refractivity contribution in [3.05, 3.63) is 58.1 Å². The minimum atomic E-state index is -0.396. The van der Waals surface area contributed by atoms with Gasteiger partial charge in [0.15, 0.2) is 5.11 Å². The summed E-state index contributed by atoms with van der Waals surface area (Å²) in [7, 11) is 0. The fourth-order valence-electron chi connectivity index (χ4n) is 1.59. The van der Waals surface area contributed by atoms with Crippen LogP contribution in [0.1, 0.15) is 10.4 Å². The third-order valence-electron chi connectivity index (χ3n) is 2.52. The maximum Gasteiger partial charge on any atom is 0.257 e. The second-order valence-corrected chi connectivity index (χ2v) is 5.47. The van der Waals surface area contributed by atoms with Crippen LogP contribution in [0.2, 0.25) is 10.0 Å². The lowest BCUT2D eigenvalue weighted by Crippen LogP contribution is -2.34. The highest BCUT2D eigenvalue weighted by molar-refractivity contribution is 7.80. The van der Waals surface area contributed by atoms with Crippen molar-refractivity contribution in [3.8, 4) is 0 Å². The molecular weight excluding hydrogens is 329 g/mol. The summed E-state index contributed by atoms with van der Waals surface area (Å²) < 4.78 is 0. The molecule has 0 aromatic heterocycles. The van der Waals surface area contributed by atoms with E-state index in [1.54, 1.807) is 30.3 Å². The second kappa shape index (κ2) is 6.76. The zero-order chi connectivity index (χ0) is 15.4. The minimum absolute atomic E-state index is 0.167. The van der Waals surface area contributed by atoms with E-state index in [1.165, 1.54) is 12.1 Å². The smallest absolute Gasteiger partial charge is 0.257 e. The number of carbonyl (C=O) groups is 1.